The van der Waals surface area contributed by atoms with Gasteiger partial charge in [0.05, 0.1) is 11.3 Å². The fraction of sp³-hybridized carbons (Fsp3) is 0.385. The van der Waals surface area contributed by atoms with Crippen molar-refractivity contribution in [3.05, 3.63) is 29.8 Å². The van der Waals surface area contributed by atoms with Crippen LogP contribution < -0.4 is 16.0 Å². The number of carbonyl (C=O) groups is 2. The Balaban J connectivity index is 2.79. The van der Waals surface area contributed by atoms with Crippen LogP contribution in [0.5, 0.6) is 0 Å². The fourth-order valence-corrected chi connectivity index (χ4v) is 1.49. The van der Waals surface area contributed by atoms with E-state index in [2.05, 4.69) is 10.6 Å². The lowest BCUT2D eigenvalue weighted by Gasteiger charge is -2.14. The number of benzene rings is 1. The quantitative estimate of drug-likeness (QED) is 0.800. The highest BCUT2D eigenvalue weighted by molar-refractivity contribution is 6.03. The maximum absolute atomic E-state index is 12.1. The molecule has 0 atom stereocenters. The molecule has 8 heteroatoms. The van der Waals surface area contributed by atoms with E-state index in [1.54, 1.807) is 25.2 Å². The van der Waals surface area contributed by atoms with E-state index in [1.165, 1.54) is 18.2 Å². The zero-order valence-corrected chi connectivity index (χ0v) is 11.5. The van der Waals surface area contributed by atoms with E-state index in [9.17, 15) is 22.8 Å². The molecule has 0 heterocycles. The van der Waals surface area contributed by atoms with E-state index in [4.69, 9.17) is 0 Å². The molecule has 0 aromatic heterocycles. The van der Waals surface area contributed by atoms with E-state index in [0.717, 1.165) is 0 Å². The predicted molar refractivity (Wildman–Crippen MR) is 72.1 cm³/mol. The number of hydrogen-bond acceptors (Lipinski definition) is 2. The van der Waals surface area contributed by atoms with Gasteiger partial charge in [-0.05, 0) is 26.0 Å². The number of alkyl halides is 3. The maximum Gasteiger partial charge on any atom is 0.405 e. The molecule has 0 fully saturated rings. The van der Waals surface area contributed by atoms with Crippen molar-refractivity contribution in [1.29, 1.82) is 0 Å². The number of halogens is 3. The van der Waals surface area contributed by atoms with Gasteiger partial charge in [-0.1, -0.05) is 12.1 Å². The number of para-hydroxylation sites is 1. The molecule has 5 nitrogen and oxygen atoms in total. The summed E-state index contributed by atoms with van der Waals surface area (Å²) in [7, 11) is 0. The highest BCUT2D eigenvalue weighted by Crippen LogP contribution is 2.16. The zero-order chi connectivity index (χ0) is 16.0. The second kappa shape index (κ2) is 6.96. The summed E-state index contributed by atoms with van der Waals surface area (Å²) in [5.74, 6) is -0.909. The Hall–Kier alpha value is -2.25. The van der Waals surface area contributed by atoms with Crippen molar-refractivity contribution >= 4 is 17.6 Å². The molecule has 0 aliphatic heterocycles. The Labute approximate surface area is 119 Å². The van der Waals surface area contributed by atoms with Gasteiger partial charge in [-0.2, -0.15) is 13.2 Å². The van der Waals surface area contributed by atoms with Gasteiger partial charge in [0.2, 0.25) is 0 Å². The monoisotopic (exact) mass is 303 g/mol. The first-order chi connectivity index (χ1) is 9.69. The van der Waals surface area contributed by atoms with Crippen LogP contribution in [0.2, 0.25) is 0 Å². The van der Waals surface area contributed by atoms with E-state index < -0.39 is 24.7 Å². The molecule has 0 aliphatic carbocycles. The SMILES string of the molecule is CC(C)NC(=O)Nc1ccccc1C(=O)NCC(F)(F)F. The molecule has 0 aliphatic rings. The minimum absolute atomic E-state index is 0.0411. The lowest BCUT2D eigenvalue weighted by atomic mass is 10.1. The number of carbonyl (C=O) groups excluding carboxylic acids is 2. The summed E-state index contributed by atoms with van der Waals surface area (Å²) >= 11 is 0. The van der Waals surface area contributed by atoms with Gasteiger partial charge in [0.1, 0.15) is 6.54 Å². The van der Waals surface area contributed by atoms with Crippen molar-refractivity contribution in [1.82, 2.24) is 10.6 Å². The van der Waals surface area contributed by atoms with Crippen LogP contribution in [0.25, 0.3) is 0 Å². The molecule has 1 aromatic carbocycles. The average molecular weight is 303 g/mol. The van der Waals surface area contributed by atoms with E-state index in [1.807, 2.05) is 0 Å². The van der Waals surface area contributed by atoms with Crippen molar-refractivity contribution < 1.29 is 22.8 Å². The number of amides is 3. The fourth-order valence-electron chi connectivity index (χ4n) is 1.49. The van der Waals surface area contributed by atoms with Gasteiger partial charge < -0.3 is 16.0 Å². The van der Waals surface area contributed by atoms with Crippen LogP contribution >= 0.6 is 0 Å². The summed E-state index contributed by atoms with van der Waals surface area (Å²) in [5, 5.41) is 6.74. The van der Waals surface area contributed by atoms with Crippen LogP contribution in [-0.2, 0) is 0 Å². The maximum atomic E-state index is 12.1. The smallest absolute Gasteiger partial charge is 0.343 e. The van der Waals surface area contributed by atoms with Gasteiger partial charge in [0.15, 0.2) is 0 Å². The first-order valence-corrected chi connectivity index (χ1v) is 6.20. The average Bonchev–Trinajstić information content (AvgIpc) is 2.34. The molecule has 116 valence electrons. The summed E-state index contributed by atoms with van der Waals surface area (Å²) in [6, 6.07) is 5.16. The van der Waals surface area contributed by atoms with Crippen LogP contribution in [0, 0.1) is 0 Å². The first kappa shape index (κ1) is 16.8. The number of nitrogens with one attached hydrogen (secondary N) is 3. The minimum atomic E-state index is -4.49. The molecular weight excluding hydrogens is 287 g/mol. The van der Waals surface area contributed by atoms with Crippen LogP contribution in [0.15, 0.2) is 24.3 Å². The van der Waals surface area contributed by atoms with Crippen LogP contribution in [0.1, 0.15) is 24.2 Å². The third-order valence-electron chi connectivity index (χ3n) is 2.29. The minimum Gasteiger partial charge on any atom is -0.343 e. The second-order valence-electron chi connectivity index (χ2n) is 4.60. The summed E-state index contributed by atoms with van der Waals surface area (Å²) in [6.45, 7) is 2.07. The molecule has 0 spiro atoms. The molecule has 0 bridgehead atoms. The Bertz CT molecular complexity index is 516. The number of anilines is 1. The number of hydrogen-bond donors (Lipinski definition) is 3. The zero-order valence-electron chi connectivity index (χ0n) is 11.5. The van der Waals surface area contributed by atoms with Crippen LogP contribution in [-0.4, -0.2) is 30.7 Å². The Morgan fingerprint density at radius 1 is 1.19 bits per heavy atom. The Kier molecular flexibility index (Phi) is 5.57. The predicted octanol–water partition coefficient (Wildman–Crippen LogP) is 2.51. The first-order valence-electron chi connectivity index (χ1n) is 6.20. The topological polar surface area (TPSA) is 70.2 Å². The molecule has 0 saturated heterocycles. The van der Waals surface area contributed by atoms with Crippen LogP contribution in [0.4, 0.5) is 23.7 Å². The molecule has 0 saturated carbocycles. The van der Waals surface area contributed by atoms with Crippen molar-refractivity contribution in [2.45, 2.75) is 26.1 Å². The largest absolute Gasteiger partial charge is 0.405 e. The third kappa shape index (κ3) is 6.15. The molecule has 3 N–H and O–H groups in total. The number of urea groups is 1. The van der Waals surface area contributed by atoms with Crippen molar-refractivity contribution in [3.63, 3.8) is 0 Å². The molecule has 1 rings (SSSR count). The standard InChI is InChI=1S/C13H16F3N3O2/c1-8(2)18-12(21)19-10-6-4-3-5-9(10)11(20)17-7-13(14,15)16/h3-6,8H,7H2,1-2H3,(H,17,20)(H2,18,19,21). The van der Waals surface area contributed by atoms with Crippen LogP contribution in [0.3, 0.4) is 0 Å². The second-order valence-corrected chi connectivity index (χ2v) is 4.60. The Morgan fingerprint density at radius 3 is 2.38 bits per heavy atom. The molecule has 0 unspecified atom stereocenters. The van der Waals surface area contributed by atoms with Gasteiger partial charge in [-0.15, -0.1) is 0 Å². The van der Waals surface area contributed by atoms with E-state index in [-0.39, 0.29) is 17.3 Å². The van der Waals surface area contributed by atoms with Gasteiger partial charge in [-0.3, -0.25) is 4.79 Å². The molecule has 3 amide bonds. The van der Waals surface area contributed by atoms with E-state index >= 15 is 0 Å². The molecule has 0 radical (unpaired) electrons. The Morgan fingerprint density at radius 2 is 1.81 bits per heavy atom. The normalized spacial score (nSPS) is 11.1. The van der Waals surface area contributed by atoms with Gasteiger partial charge >= 0.3 is 12.2 Å². The van der Waals surface area contributed by atoms with E-state index in [0.29, 0.717) is 0 Å². The molecule has 21 heavy (non-hydrogen) atoms. The van der Waals surface area contributed by atoms with Gasteiger partial charge in [-0.25, -0.2) is 4.79 Å². The molecular formula is C13H16F3N3O2. The van der Waals surface area contributed by atoms with Crippen molar-refractivity contribution in [2.75, 3.05) is 11.9 Å². The summed E-state index contributed by atoms with van der Waals surface area (Å²) < 4.78 is 36.3. The lowest BCUT2D eigenvalue weighted by Crippen LogP contribution is -2.36. The third-order valence-corrected chi connectivity index (χ3v) is 2.29. The summed E-state index contributed by atoms with van der Waals surface area (Å²) in [6.07, 6.45) is -4.49. The highest BCUT2D eigenvalue weighted by atomic mass is 19.4. The van der Waals surface area contributed by atoms with Crippen molar-refractivity contribution in [3.8, 4) is 0 Å². The summed E-state index contributed by atoms with van der Waals surface area (Å²) in [5.41, 5.74) is 0.0935. The summed E-state index contributed by atoms with van der Waals surface area (Å²) in [4.78, 5) is 23.3. The van der Waals surface area contributed by atoms with Gasteiger partial charge in [0, 0.05) is 6.04 Å². The molecule has 1 aromatic rings. The number of rotatable bonds is 4. The van der Waals surface area contributed by atoms with Crippen molar-refractivity contribution in [2.24, 2.45) is 0 Å². The highest BCUT2D eigenvalue weighted by Gasteiger charge is 2.28. The lowest BCUT2D eigenvalue weighted by molar-refractivity contribution is -0.123. The van der Waals surface area contributed by atoms with Gasteiger partial charge in [0.25, 0.3) is 5.91 Å².